The van der Waals surface area contributed by atoms with Crippen molar-refractivity contribution in [3.8, 4) is 23.0 Å². The minimum absolute atomic E-state index is 0.0430. The molecule has 7 aromatic rings. The zero-order chi connectivity index (χ0) is 36.5. The number of hydrogen-bond acceptors (Lipinski definition) is 5. The van der Waals surface area contributed by atoms with Crippen molar-refractivity contribution in [2.75, 3.05) is 0 Å². The van der Waals surface area contributed by atoms with E-state index in [1.54, 1.807) is 0 Å². The number of carbonyl (C=O) groups excluding carboxylic acids is 1. The molecule has 0 unspecified atom stereocenters. The molecule has 0 aromatic heterocycles. The molecular weight excluding hydrogens is 669 g/mol. The van der Waals surface area contributed by atoms with Crippen LogP contribution < -0.4 is 18.9 Å². The number of carbonyl (C=O) groups is 1. The normalized spacial score (nSPS) is 12.0. The molecule has 0 saturated carbocycles. The Kier molecular flexibility index (Phi) is 10.5. The van der Waals surface area contributed by atoms with Gasteiger partial charge in [0, 0.05) is 22.6 Å². The standard InChI is InChI=1S/C49H40O5/c50-46-42-27-15-13-25-40(42)44(41-26-14-16-28-43(41)46)29-39-30-45(51-31-35-17-5-1-6-18-35)48(53-33-37-21-9-3-10-22-37)49(54-34-38-23-11-4-12-24-38)47(39)52-32-36-19-7-2-8-20-36/h1-28,30,44H,29,31-34H2. The summed E-state index contributed by atoms with van der Waals surface area (Å²) < 4.78 is 27.1. The molecular formula is C49H40O5. The first-order valence-electron chi connectivity index (χ1n) is 18.3. The molecule has 0 fully saturated rings. The lowest BCUT2D eigenvalue weighted by molar-refractivity contribution is 0.103. The predicted octanol–water partition coefficient (Wildman–Crippen LogP) is 10.9. The topological polar surface area (TPSA) is 54.0 Å². The van der Waals surface area contributed by atoms with E-state index < -0.39 is 0 Å². The smallest absolute Gasteiger partial charge is 0.208 e. The average molecular weight is 709 g/mol. The Labute approximate surface area is 316 Å². The summed E-state index contributed by atoms with van der Waals surface area (Å²) in [7, 11) is 0. The van der Waals surface area contributed by atoms with E-state index in [-0.39, 0.29) is 18.3 Å². The summed E-state index contributed by atoms with van der Waals surface area (Å²) in [4.78, 5) is 13.7. The summed E-state index contributed by atoms with van der Waals surface area (Å²) in [5, 5.41) is 0. The highest BCUT2D eigenvalue weighted by Gasteiger charge is 2.33. The monoisotopic (exact) mass is 708 g/mol. The molecule has 0 radical (unpaired) electrons. The Hall–Kier alpha value is -6.59. The van der Waals surface area contributed by atoms with Gasteiger partial charge in [0.15, 0.2) is 17.3 Å². The van der Waals surface area contributed by atoms with Crippen molar-refractivity contribution in [3.63, 3.8) is 0 Å². The lowest BCUT2D eigenvalue weighted by atomic mass is 9.75. The fourth-order valence-electron chi connectivity index (χ4n) is 7.03. The van der Waals surface area contributed by atoms with Crippen LogP contribution in [-0.2, 0) is 32.8 Å². The van der Waals surface area contributed by atoms with E-state index in [4.69, 9.17) is 18.9 Å². The van der Waals surface area contributed by atoms with E-state index in [0.717, 1.165) is 50.1 Å². The predicted molar refractivity (Wildman–Crippen MR) is 211 cm³/mol. The number of hydrogen-bond donors (Lipinski definition) is 0. The third-order valence-electron chi connectivity index (χ3n) is 9.73. The lowest BCUT2D eigenvalue weighted by Crippen LogP contribution is -2.21. The van der Waals surface area contributed by atoms with Crippen LogP contribution in [-0.4, -0.2) is 5.78 Å². The Morgan fingerprint density at radius 3 is 1.22 bits per heavy atom. The molecule has 0 heterocycles. The summed E-state index contributed by atoms with van der Waals surface area (Å²) in [6.45, 7) is 1.23. The van der Waals surface area contributed by atoms with Crippen molar-refractivity contribution in [2.45, 2.75) is 38.8 Å². The summed E-state index contributed by atoms with van der Waals surface area (Å²) in [5.74, 6) is 1.98. The summed E-state index contributed by atoms with van der Waals surface area (Å²) in [6, 6.07) is 58.2. The van der Waals surface area contributed by atoms with Gasteiger partial charge in [-0.05, 0) is 45.9 Å². The molecule has 1 aliphatic rings. The van der Waals surface area contributed by atoms with Gasteiger partial charge in [-0.25, -0.2) is 0 Å². The maximum absolute atomic E-state index is 13.7. The van der Waals surface area contributed by atoms with Gasteiger partial charge in [0.1, 0.15) is 26.4 Å². The Balaban J connectivity index is 1.29. The molecule has 0 aliphatic heterocycles. The highest BCUT2D eigenvalue weighted by molar-refractivity contribution is 6.12. The van der Waals surface area contributed by atoms with Crippen LogP contribution in [0, 0.1) is 0 Å². The second-order valence-corrected chi connectivity index (χ2v) is 13.4. The van der Waals surface area contributed by atoms with Gasteiger partial charge in [0.05, 0.1) is 0 Å². The van der Waals surface area contributed by atoms with Gasteiger partial charge in [-0.2, -0.15) is 0 Å². The number of benzene rings is 7. The first kappa shape index (κ1) is 34.5. The molecule has 5 nitrogen and oxygen atoms in total. The van der Waals surface area contributed by atoms with E-state index >= 15 is 0 Å². The van der Waals surface area contributed by atoms with E-state index in [1.165, 1.54) is 0 Å². The van der Waals surface area contributed by atoms with Crippen LogP contribution in [0.1, 0.15) is 60.8 Å². The van der Waals surface area contributed by atoms with E-state index in [9.17, 15) is 4.79 Å². The van der Waals surface area contributed by atoms with Gasteiger partial charge >= 0.3 is 0 Å². The van der Waals surface area contributed by atoms with Crippen LogP contribution in [0.5, 0.6) is 23.0 Å². The molecule has 8 rings (SSSR count). The molecule has 0 atom stereocenters. The first-order valence-corrected chi connectivity index (χ1v) is 18.3. The highest BCUT2D eigenvalue weighted by atomic mass is 16.6. The molecule has 0 bridgehead atoms. The number of ether oxygens (including phenoxy) is 4. The van der Waals surface area contributed by atoms with Crippen LogP contribution in [0.3, 0.4) is 0 Å². The number of fused-ring (bicyclic) bond motifs is 2. The lowest BCUT2D eigenvalue weighted by Gasteiger charge is -2.29. The Morgan fingerprint density at radius 2 is 0.759 bits per heavy atom. The minimum Gasteiger partial charge on any atom is -0.485 e. The van der Waals surface area contributed by atoms with E-state index in [2.05, 4.69) is 12.1 Å². The molecule has 7 aromatic carbocycles. The van der Waals surface area contributed by atoms with Crippen LogP contribution in [0.15, 0.2) is 176 Å². The van der Waals surface area contributed by atoms with Crippen LogP contribution >= 0.6 is 0 Å². The Bertz CT molecular complexity index is 2270. The second-order valence-electron chi connectivity index (χ2n) is 13.4. The van der Waals surface area contributed by atoms with Gasteiger partial charge in [-0.1, -0.05) is 170 Å². The summed E-state index contributed by atoms with van der Waals surface area (Å²) in [6.07, 6.45) is 0.522. The first-order chi connectivity index (χ1) is 26.7. The summed E-state index contributed by atoms with van der Waals surface area (Å²) in [5.41, 5.74) is 8.35. The van der Waals surface area contributed by atoms with Crippen LogP contribution in [0.2, 0.25) is 0 Å². The molecule has 0 saturated heterocycles. The van der Waals surface area contributed by atoms with Gasteiger partial charge in [0.25, 0.3) is 0 Å². The molecule has 266 valence electrons. The van der Waals surface area contributed by atoms with Gasteiger partial charge in [-0.15, -0.1) is 0 Å². The van der Waals surface area contributed by atoms with Crippen molar-refractivity contribution in [3.05, 3.63) is 226 Å². The third kappa shape index (κ3) is 7.76. The molecule has 54 heavy (non-hydrogen) atoms. The molecule has 5 heteroatoms. The van der Waals surface area contributed by atoms with E-state index in [1.807, 2.05) is 164 Å². The van der Waals surface area contributed by atoms with E-state index in [0.29, 0.717) is 49.2 Å². The maximum Gasteiger partial charge on any atom is 0.208 e. The van der Waals surface area contributed by atoms with Crippen molar-refractivity contribution in [1.82, 2.24) is 0 Å². The largest absolute Gasteiger partial charge is 0.485 e. The van der Waals surface area contributed by atoms with Crippen LogP contribution in [0.25, 0.3) is 0 Å². The number of ketones is 1. The average Bonchev–Trinajstić information content (AvgIpc) is 3.24. The number of rotatable bonds is 14. The quantitative estimate of drug-likeness (QED) is 0.113. The van der Waals surface area contributed by atoms with Crippen molar-refractivity contribution >= 4 is 5.78 Å². The van der Waals surface area contributed by atoms with Crippen molar-refractivity contribution in [2.24, 2.45) is 0 Å². The van der Waals surface area contributed by atoms with Gasteiger partial charge in [0.2, 0.25) is 11.5 Å². The molecule has 0 amide bonds. The molecule has 1 aliphatic carbocycles. The SMILES string of the molecule is O=C1c2ccccc2C(Cc2cc(OCc3ccccc3)c(OCc3ccccc3)c(OCc3ccccc3)c2OCc2ccccc2)c2ccccc21. The fraction of sp³-hybridized carbons (Fsp3) is 0.122. The van der Waals surface area contributed by atoms with Gasteiger partial charge < -0.3 is 18.9 Å². The maximum atomic E-state index is 13.7. The Morgan fingerprint density at radius 1 is 0.389 bits per heavy atom. The zero-order valence-corrected chi connectivity index (χ0v) is 29.9. The minimum atomic E-state index is -0.130. The fourth-order valence-corrected chi connectivity index (χ4v) is 7.03. The third-order valence-corrected chi connectivity index (χ3v) is 9.73. The van der Waals surface area contributed by atoms with Crippen molar-refractivity contribution in [1.29, 1.82) is 0 Å². The highest BCUT2D eigenvalue weighted by Crippen LogP contribution is 2.51. The second kappa shape index (κ2) is 16.4. The zero-order valence-electron chi connectivity index (χ0n) is 29.9. The molecule has 0 N–H and O–H groups in total. The summed E-state index contributed by atoms with van der Waals surface area (Å²) >= 11 is 0. The van der Waals surface area contributed by atoms with Gasteiger partial charge in [-0.3, -0.25) is 4.79 Å². The van der Waals surface area contributed by atoms with Crippen LogP contribution in [0.4, 0.5) is 0 Å². The van der Waals surface area contributed by atoms with Crippen molar-refractivity contribution < 1.29 is 23.7 Å². The molecule has 0 spiro atoms.